The summed E-state index contributed by atoms with van der Waals surface area (Å²) < 4.78 is 11.3. The quantitative estimate of drug-likeness (QED) is 0.546. The summed E-state index contributed by atoms with van der Waals surface area (Å²) in [5, 5.41) is 4.99. The second-order valence-electron chi connectivity index (χ2n) is 6.83. The van der Waals surface area contributed by atoms with Crippen molar-refractivity contribution in [1.82, 2.24) is 10.2 Å². The Kier molecular flexibility index (Phi) is 7.67. The number of ether oxygens (including phenoxy) is 2. The lowest BCUT2D eigenvalue weighted by atomic mass is 10.2. The highest BCUT2D eigenvalue weighted by Gasteiger charge is 2.16. The molecule has 0 spiro atoms. The molecule has 6 heteroatoms. The predicted molar refractivity (Wildman–Crippen MR) is 116 cm³/mol. The standard InChI is InChI=1S/C23H26N2O3S/c1-25(2)21(22-9-6-14-29-22)15-24-23(26)17-28-20-12-10-19(11-13-20)27-16-18-7-4-3-5-8-18/h3-14,21H,15-17H2,1-2H3,(H,24,26)/t21-/m0/s1. The van der Waals surface area contributed by atoms with Gasteiger partial charge in [0.25, 0.3) is 5.91 Å². The lowest BCUT2D eigenvalue weighted by Gasteiger charge is -2.23. The molecule has 3 rings (SSSR count). The molecule has 0 unspecified atom stereocenters. The molecule has 29 heavy (non-hydrogen) atoms. The summed E-state index contributed by atoms with van der Waals surface area (Å²) in [4.78, 5) is 15.5. The van der Waals surface area contributed by atoms with Crippen LogP contribution in [-0.4, -0.2) is 38.1 Å². The number of carbonyl (C=O) groups excluding carboxylic acids is 1. The summed E-state index contributed by atoms with van der Waals surface area (Å²) in [7, 11) is 4.02. The fourth-order valence-electron chi connectivity index (χ4n) is 2.80. The van der Waals surface area contributed by atoms with Crippen molar-refractivity contribution in [3.8, 4) is 11.5 Å². The number of nitrogens with one attached hydrogen (secondary N) is 1. The van der Waals surface area contributed by atoms with E-state index in [4.69, 9.17) is 9.47 Å². The van der Waals surface area contributed by atoms with Crippen molar-refractivity contribution >= 4 is 17.2 Å². The minimum absolute atomic E-state index is 0.0190. The van der Waals surface area contributed by atoms with Crippen LogP contribution in [0.3, 0.4) is 0 Å². The van der Waals surface area contributed by atoms with Gasteiger partial charge in [0.1, 0.15) is 18.1 Å². The van der Waals surface area contributed by atoms with Crippen molar-refractivity contribution in [2.45, 2.75) is 12.6 Å². The van der Waals surface area contributed by atoms with E-state index in [-0.39, 0.29) is 18.6 Å². The maximum atomic E-state index is 12.2. The van der Waals surface area contributed by atoms with Crippen LogP contribution in [0.1, 0.15) is 16.5 Å². The highest BCUT2D eigenvalue weighted by atomic mass is 32.1. The van der Waals surface area contributed by atoms with Gasteiger partial charge in [-0.25, -0.2) is 0 Å². The van der Waals surface area contributed by atoms with Gasteiger partial charge in [0.05, 0.1) is 6.04 Å². The van der Waals surface area contributed by atoms with Gasteiger partial charge in [-0.1, -0.05) is 36.4 Å². The van der Waals surface area contributed by atoms with Gasteiger partial charge in [-0.05, 0) is 55.4 Å². The van der Waals surface area contributed by atoms with Gasteiger partial charge < -0.3 is 19.7 Å². The van der Waals surface area contributed by atoms with Gasteiger partial charge >= 0.3 is 0 Å². The van der Waals surface area contributed by atoms with Crippen molar-refractivity contribution in [2.75, 3.05) is 27.2 Å². The Bertz CT molecular complexity index is 865. The zero-order valence-electron chi connectivity index (χ0n) is 16.7. The summed E-state index contributed by atoms with van der Waals surface area (Å²) in [6, 6.07) is 21.6. The third-order valence-corrected chi connectivity index (χ3v) is 5.40. The molecule has 0 aliphatic rings. The second kappa shape index (κ2) is 10.6. The molecule has 2 aromatic carbocycles. The average molecular weight is 411 g/mol. The van der Waals surface area contributed by atoms with Crippen LogP contribution in [-0.2, 0) is 11.4 Å². The van der Waals surface area contributed by atoms with Crippen LogP contribution < -0.4 is 14.8 Å². The second-order valence-corrected chi connectivity index (χ2v) is 7.81. The van der Waals surface area contributed by atoms with E-state index in [2.05, 4.69) is 16.3 Å². The SMILES string of the molecule is CN(C)[C@@H](CNC(=O)COc1ccc(OCc2ccccc2)cc1)c1cccs1. The van der Waals surface area contributed by atoms with Crippen molar-refractivity contribution in [3.05, 3.63) is 82.6 Å². The minimum Gasteiger partial charge on any atom is -0.489 e. The van der Waals surface area contributed by atoms with E-state index >= 15 is 0 Å². The van der Waals surface area contributed by atoms with Gasteiger partial charge in [0, 0.05) is 11.4 Å². The van der Waals surface area contributed by atoms with Crippen LogP contribution in [0.15, 0.2) is 72.1 Å². The highest BCUT2D eigenvalue weighted by molar-refractivity contribution is 7.10. The Morgan fingerprint density at radius 3 is 2.28 bits per heavy atom. The minimum atomic E-state index is -0.141. The fraction of sp³-hybridized carbons (Fsp3) is 0.261. The average Bonchev–Trinajstić information content (AvgIpc) is 3.26. The molecule has 1 aromatic heterocycles. The molecule has 0 aliphatic carbocycles. The van der Waals surface area contributed by atoms with Crippen LogP contribution >= 0.6 is 11.3 Å². The van der Waals surface area contributed by atoms with Gasteiger partial charge in [-0.3, -0.25) is 4.79 Å². The van der Waals surface area contributed by atoms with Crippen LogP contribution in [0.25, 0.3) is 0 Å². The number of likely N-dealkylation sites (N-methyl/N-ethyl adjacent to an activating group) is 1. The van der Waals surface area contributed by atoms with Gasteiger partial charge in [-0.15, -0.1) is 11.3 Å². The van der Waals surface area contributed by atoms with E-state index in [1.807, 2.05) is 80.1 Å². The molecule has 3 aromatic rings. The third-order valence-electron chi connectivity index (χ3n) is 4.43. The normalized spacial score (nSPS) is 11.8. The van der Waals surface area contributed by atoms with E-state index in [1.165, 1.54) is 4.88 Å². The van der Waals surface area contributed by atoms with Crippen molar-refractivity contribution in [3.63, 3.8) is 0 Å². The molecule has 1 N–H and O–H groups in total. The van der Waals surface area contributed by atoms with E-state index in [0.717, 1.165) is 11.3 Å². The number of thiophene rings is 1. The largest absolute Gasteiger partial charge is 0.489 e. The molecule has 0 fully saturated rings. The zero-order chi connectivity index (χ0) is 20.5. The first kappa shape index (κ1) is 20.9. The van der Waals surface area contributed by atoms with Gasteiger partial charge in [0.2, 0.25) is 0 Å². The number of amides is 1. The molecule has 0 aliphatic heterocycles. The first-order valence-corrected chi connectivity index (χ1v) is 10.4. The van der Waals surface area contributed by atoms with Gasteiger partial charge in [0.15, 0.2) is 6.61 Å². The molecule has 1 atom stereocenters. The van der Waals surface area contributed by atoms with E-state index < -0.39 is 0 Å². The number of rotatable bonds is 10. The summed E-state index contributed by atoms with van der Waals surface area (Å²) in [6.45, 7) is 1.04. The highest BCUT2D eigenvalue weighted by Crippen LogP contribution is 2.22. The van der Waals surface area contributed by atoms with E-state index in [0.29, 0.717) is 18.9 Å². The number of carbonyl (C=O) groups is 1. The summed E-state index contributed by atoms with van der Waals surface area (Å²) in [5.74, 6) is 1.25. The zero-order valence-corrected chi connectivity index (χ0v) is 17.5. The topological polar surface area (TPSA) is 50.8 Å². The monoisotopic (exact) mass is 410 g/mol. The number of hydrogen-bond acceptors (Lipinski definition) is 5. The first-order valence-electron chi connectivity index (χ1n) is 9.48. The smallest absolute Gasteiger partial charge is 0.258 e. The lowest BCUT2D eigenvalue weighted by molar-refractivity contribution is -0.123. The van der Waals surface area contributed by atoms with Crippen LogP contribution in [0.4, 0.5) is 0 Å². The Balaban J connectivity index is 1.41. The Labute approximate surface area is 175 Å². The first-order chi connectivity index (χ1) is 14.1. The summed E-state index contributed by atoms with van der Waals surface area (Å²) in [6.07, 6.45) is 0. The summed E-state index contributed by atoms with van der Waals surface area (Å²) in [5.41, 5.74) is 1.11. The maximum absolute atomic E-state index is 12.2. The predicted octanol–water partition coefficient (Wildman–Crippen LogP) is 4.13. The summed E-state index contributed by atoms with van der Waals surface area (Å²) >= 11 is 1.69. The van der Waals surface area contributed by atoms with Crippen molar-refractivity contribution in [1.29, 1.82) is 0 Å². The van der Waals surface area contributed by atoms with Crippen LogP contribution in [0.2, 0.25) is 0 Å². The molecule has 5 nitrogen and oxygen atoms in total. The Morgan fingerprint density at radius 1 is 0.966 bits per heavy atom. The molecule has 0 saturated carbocycles. The number of benzene rings is 2. The molecule has 0 bridgehead atoms. The maximum Gasteiger partial charge on any atom is 0.258 e. The molecular weight excluding hydrogens is 384 g/mol. The third kappa shape index (κ3) is 6.62. The van der Waals surface area contributed by atoms with E-state index in [1.54, 1.807) is 11.3 Å². The van der Waals surface area contributed by atoms with E-state index in [9.17, 15) is 4.79 Å². The number of hydrogen-bond donors (Lipinski definition) is 1. The lowest BCUT2D eigenvalue weighted by Crippen LogP contribution is -2.36. The fourth-order valence-corrected chi connectivity index (χ4v) is 3.72. The number of nitrogens with zero attached hydrogens (tertiary/aromatic N) is 1. The molecule has 1 amide bonds. The molecule has 0 radical (unpaired) electrons. The van der Waals surface area contributed by atoms with Gasteiger partial charge in [-0.2, -0.15) is 0 Å². The molecule has 1 heterocycles. The van der Waals surface area contributed by atoms with Crippen LogP contribution in [0, 0.1) is 0 Å². The Morgan fingerprint density at radius 2 is 1.66 bits per heavy atom. The Hall–Kier alpha value is -2.83. The van der Waals surface area contributed by atoms with Crippen molar-refractivity contribution in [2.24, 2.45) is 0 Å². The molecule has 0 saturated heterocycles. The molecule has 152 valence electrons. The van der Waals surface area contributed by atoms with Crippen molar-refractivity contribution < 1.29 is 14.3 Å². The molecular formula is C23H26N2O3S. The van der Waals surface area contributed by atoms with Crippen LogP contribution in [0.5, 0.6) is 11.5 Å².